The predicted octanol–water partition coefficient (Wildman–Crippen LogP) is 3.87. The molecule has 0 aromatic heterocycles. The van der Waals surface area contributed by atoms with Crippen LogP contribution in [0.5, 0.6) is 0 Å². The summed E-state index contributed by atoms with van der Waals surface area (Å²) in [5.41, 5.74) is 2.43. The summed E-state index contributed by atoms with van der Waals surface area (Å²) in [6, 6.07) is 8.65. The molecule has 1 aliphatic carbocycles. The fourth-order valence-corrected chi connectivity index (χ4v) is 3.54. The second-order valence-corrected chi connectivity index (χ2v) is 6.36. The molecule has 1 aliphatic heterocycles. The number of aryl methyl sites for hydroxylation is 1. The quantitative estimate of drug-likeness (QED) is 0.891. The van der Waals surface area contributed by atoms with Gasteiger partial charge in [0.05, 0.1) is 6.21 Å². The Labute approximate surface area is 131 Å². The van der Waals surface area contributed by atoms with Crippen LogP contribution in [-0.2, 0) is 6.42 Å². The van der Waals surface area contributed by atoms with Crippen molar-refractivity contribution >= 4 is 6.21 Å². The molecule has 118 valence electrons. The minimum absolute atomic E-state index is 0.0143. The predicted molar refractivity (Wildman–Crippen MR) is 88.2 cm³/mol. The van der Waals surface area contributed by atoms with E-state index in [9.17, 15) is 10.2 Å². The molecule has 2 N–H and O–H groups in total. The molecule has 0 saturated heterocycles. The summed E-state index contributed by atoms with van der Waals surface area (Å²) in [6.07, 6.45) is 7.70. The number of rotatable bonds is 3. The molecule has 0 spiro atoms. The van der Waals surface area contributed by atoms with Crippen molar-refractivity contribution in [1.82, 2.24) is 4.90 Å². The highest BCUT2D eigenvalue weighted by Crippen LogP contribution is 2.30. The highest BCUT2D eigenvalue weighted by atomic mass is 16.3. The maximum absolute atomic E-state index is 10.4. The summed E-state index contributed by atoms with van der Waals surface area (Å²) in [7, 11) is 0. The van der Waals surface area contributed by atoms with Gasteiger partial charge in [0.2, 0.25) is 5.88 Å². The van der Waals surface area contributed by atoms with Gasteiger partial charge in [-0.15, -0.1) is 0 Å². The largest absolute Gasteiger partial charge is 0.502 e. The zero-order valence-electron chi connectivity index (χ0n) is 13.1. The van der Waals surface area contributed by atoms with E-state index in [-0.39, 0.29) is 23.8 Å². The van der Waals surface area contributed by atoms with Crippen molar-refractivity contribution in [2.45, 2.75) is 57.7 Å². The van der Waals surface area contributed by atoms with Gasteiger partial charge in [-0.05, 0) is 25.3 Å². The van der Waals surface area contributed by atoms with E-state index >= 15 is 0 Å². The monoisotopic (exact) mass is 300 g/mol. The number of nitrogens with zero attached hydrogens (tertiary/aromatic N) is 2. The Hall–Kier alpha value is -1.97. The molecule has 1 unspecified atom stereocenters. The van der Waals surface area contributed by atoms with Crippen LogP contribution in [0.15, 0.2) is 40.9 Å². The van der Waals surface area contributed by atoms with Gasteiger partial charge >= 0.3 is 0 Å². The lowest BCUT2D eigenvalue weighted by atomic mass is 9.93. The Morgan fingerprint density at radius 1 is 1.18 bits per heavy atom. The van der Waals surface area contributed by atoms with Crippen molar-refractivity contribution in [3.63, 3.8) is 0 Å². The van der Waals surface area contributed by atoms with E-state index in [1.165, 1.54) is 36.6 Å². The summed E-state index contributed by atoms with van der Waals surface area (Å²) in [4.78, 5) is 6.40. The second-order valence-electron chi connectivity index (χ2n) is 6.36. The fraction of sp³-hybridized carbons (Fsp3) is 0.500. The lowest BCUT2D eigenvalue weighted by Crippen LogP contribution is -2.46. The molecular weight excluding hydrogens is 276 g/mol. The van der Waals surface area contributed by atoms with Gasteiger partial charge in [0.25, 0.3) is 0 Å². The zero-order valence-corrected chi connectivity index (χ0v) is 13.1. The van der Waals surface area contributed by atoms with Gasteiger partial charge in [-0.25, -0.2) is 0 Å². The topological polar surface area (TPSA) is 56.1 Å². The summed E-state index contributed by atoms with van der Waals surface area (Å²) in [5.74, 6) is -0.134. The van der Waals surface area contributed by atoms with Crippen molar-refractivity contribution in [3.05, 3.63) is 47.0 Å². The lowest BCUT2D eigenvalue weighted by Gasteiger charge is -2.40. The number of benzene rings is 1. The normalized spacial score (nSPS) is 23.1. The minimum atomic E-state index is -0.138. The highest BCUT2D eigenvalue weighted by molar-refractivity contribution is 5.76. The van der Waals surface area contributed by atoms with E-state index in [1.807, 2.05) is 4.90 Å². The molecule has 2 aliphatic rings. The summed E-state index contributed by atoms with van der Waals surface area (Å²) < 4.78 is 0. The number of hydrogen-bond acceptors (Lipinski definition) is 4. The Bertz CT molecular complexity index is 589. The molecule has 1 saturated carbocycles. The molecule has 3 rings (SSSR count). The average Bonchev–Trinajstić information content (AvgIpc) is 2.52. The third kappa shape index (κ3) is 3.11. The molecule has 0 bridgehead atoms. The van der Waals surface area contributed by atoms with Crippen LogP contribution in [0, 0.1) is 6.92 Å². The Balaban J connectivity index is 1.83. The Morgan fingerprint density at radius 2 is 1.95 bits per heavy atom. The van der Waals surface area contributed by atoms with Gasteiger partial charge in [0.1, 0.15) is 6.17 Å². The van der Waals surface area contributed by atoms with Crippen LogP contribution < -0.4 is 0 Å². The van der Waals surface area contributed by atoms with E-state index in [2.05, 4.69) is 36.2 Å². The molecule has 1 aromatic rings. The highest BCUT2D eigenvalue weighted by Gasteiger charge is 2.33. The molecule has 1 fully saturated rings. The molecular formula is C18H24N2O2. The average molecular weight is 300 g/mol. The smallest absolute Gasteiger partial charge is 0.234 e. The van der Waals surface area contributed by atoms with Crippen LogP contribution in [-0.4, -0.2) is 33.5 Å². The molecule has 4 nitrogen and oxygen atoms in total. The van der Waals surface area contributed by atoms with E-state index in [4.69, 9.17) is 0 Å². The van der Waals surface area contributed by atoms with E-state index in [1.54, 1.807) is 0 Å². The SMILES string of the molecule is Cc1cccc(CC2N=CC(O)=C(O)N2C2CCCCC2)c1. The van der Waals surface area contributed by atoms with Crippen molar-refractivity contribution in [3.8, 4) is 0 Å². The standard InChI is InChI=1S/C18H24N2O2/c1-13-6-5-7-14(10-13)11-17-19-12-16(21)18(22)20(17)15-8-3-2-4-9-15/h5-7,10,12,15,17,21-22H,2-4,8-9,11H2,1H3. The first kappa shape index (κ1) is 14.9. The first-order valence-electron chi connectivity index (χ1n) is 8.14. The second kappa shape index (κ2) is 6.42. The van der Waals surface area contributed by atoms with Gasteiger partial charge in [0, 0.05) is 12.5 Å². The van der Waals surface area contributed by atoms with Crippen LogP contribution in [0.25, 0.3) is 0 Å². The van der Waals surface area contributed by atoms with Gasteiger partial charge in [0.15, 0.2) is 5.76 Å². The molecule has 4 heteroatoms. The first-order valence-corrected chi connectivity index (χ1v) is 8.14. The maximum Gasteiger partial charge on any atom is 0.234 e. The van der Waals surface area contributed by atoms with Crippen LogP contribution >= 0.6 is 0 Å². The van der Waals surface area contributed by atoms with Crippen molar-refractivity contribution in [2.75, 3.05) is 0 Å². The molecule has 0 radical (unpaired) electrons. The van der Waals surface area contributed by atoms with E-state index in [0.29, 0.717) is 0 Å². The number of aliphatic hydroxyl groups is 2. The summed E-state index contributed by atoms with van der Waals surface area (Å²) >= 11 is 0. The van der Waals surface area contributed by atoms with Crippen molar-refractivity contribution < 1.29 is 10.2 Å². The van der Waals surface area contributed by atoms with Gasteiger partial charge in [-0.1, -0.05) is 49.1 Å². The van der Waals surface area contributed by atoms with Crippen LogP contribution in [0.2, 0.25) is 0 Å². The number of hydrogen-bond donors (Lipinski definition) is 2. The third-order valence-electron chi connectivity index (χ3n) is 4.63. The molecule has 1 heterocycles. The Morgan fingerprint density at radius 3 is 2.68 bits per heavy atom. The number of aliphatic imine (C=N–C) groups is 1. The summed E-state index contributed by atoms with van der Waals surface area (Å²) in [5, 5.41) is 20.2. The third-order valence-corrected chi connectivity index (χ3v) is 4.63. The van der Waals surface area contributed by atoms with E-state index in [0.717, 1.165) is 19.3 Å². The van der Waals surface area contributed by atoms with Crippen molar-refractivity contribution in [1.29, 1.82) is 0 Å². The molecule has 22 heavy (non-hydrogen) atoms. The lowest BCUT2D eigenvalue weighted by molar-refractivity contribution is 0.0703. The van der Waals surface area contributed by atoms with E-state index < -0.39 is 0 Å². The van der Waals surface area contributed by atoms with Gasteiger partial charge < -0.3 is 15.1 Å². The van der Waals surface area contributed by atoms with Gasteiger partial charge in [-0.2, -0.15) is 0 Å². The van der Waals surface area contributed by atoms with Crippen LogP contribution in [0.1, 0.15) is 43.2 Å². The molecule has 1 aromatic carbocycles. The Kier molecular flexibility index (Phi) is 4.36. The van der Waals surface area contributed by atoms with Crippen LogP contribution in [0.4, 0.5) is 0 Å². The summed E-state index contributed by atoms with van der Waals surface area (Å²) in [6.45, 7) is 2.08. The minimum Gasteiger partial charge on any atom is -0.502 e. The van der Waals surface area contributed by atoms with Crippen LogP contribution in [0.3, 0.4) is 0 Å². The number of allylic oxidation sites excluding steroid dienone is 1. The maximum atomic E-state index is 10.4. The first-order chi connectivity index (χ1) is 10.6. The molecule has 0 amide bonds. The fourth-order valence-electron chi connectivity index (χ4n) is 3.54. The molecule has 1 atom stereocenters. The van der Waals surface area contributed by atoms with Crippen molar-refractivity contribution in [2.24, 2.45) is 4.99 Å². The van der Waals surface area contributed by atoms with Gasteiger partial charge in [-0.3, -0.25) is 4.99 Å². The zero-order chi connectivity index (χ0) is 15.5. The number of aliphatic hydroxyl groups excluding tert-OH is 2.